The topological polar surface area (TPSA) is 64.1 Å². The van der Waals surface area contributed by atoms with Crippen LogP contribution in [0.25, 0.3) is 0 Å². The highest BCUT2D eigenvalue weighted by molar-refractivity contribution is 5.76. The predicted molar refractivity (Wildman–Crippen MR) is 290 cm³/mol. The lowest BCUT2D eigenvalue weighted by Crippen LogP contribution is -2.32. The zero-order chi connectivity index (χ0) is 47.8. The van der Waals surface area contributed by atoms with Gasteiger partial charge in [0, 0.05) is 51.7 Å². The smallest absolute Gasteiger partial charge is 0.222 e. The van der Waals surface area contributed by atoms with Crippen LogP contribution in [0.2, 0.25) is 0 Å². The number of nitrogens with zero attached hydrogens (tertiary/aromatic N) is 3. The molecular formula is C60H119N3O3. The summed E-state index contributed by atoms with van der Waals surface area (Å²) in [4.78, 5) is 34.0. The zero-order valence-corrected chi connectivity index (χ0v) is 45.5. The molecule has 0 aromatic heterocycles. The van der Waals surface area contributed by atoms with Crippen molar-refractivity contribution in [2.24, 2.45) is 5.92 Å². The number of rotatable bonds is 54. The molecule has 0 radical (unpaired) electrons. The highest BCUT2D eigenvalue weighted by Gasteiger charge is 2.40. The summed E-state index contributed by atoms with van der Waals surface area (Å²) < 4.78 is 0. The summed E-state index contributed by atoms with van der Waals surface area (Å²) in [5.74, 6) is 1.29. The van der Waals surface area contributed by atoms with Crippen LogP contribution in [0.15, 0.2) is 0 Å². The Balaban J connectivity index is 2.36. The van der Waals surface area contributed by atoms with Gasteiger partial charge in [-0.2, -0.15) is 0 Å². The Morgan fingerprint density at radius 1 is 0.333 bits per heavy atom. The predicted octanol–water partition coefficient (Wildman–Crippen LogP) is 17.6. The largest absolute Gasteiger partial charge is 0.396 e. The second kappa shape index (κ2) is 48.9. The highest BCUT2D eigenvalue weighted by atomic mass is 16.3. The molecule has 0 saturated heterocycles. The van der Waals surface area contributed by atoms with Gasteiger partial charge in [-0.1, -0.05) is 246 Å². The third-order valence-corrected chi connectivity index (χ3v) is 15.1. The van der Waals surface area contributed by atoms with E-state index >= 15 is 0 Å². The monoisotopic (exact) mass is 930 g/mol. The van der Waals surface area contributed by atoms with Crippen molar-refractivity contribution in [1.29, 1.82) is 0 Å². The maximum absolute atomic E-state index is 13.4. The van der Waals surface area contributed by atoms with Crippen molar-refractivity contribution in [3.05, 3.63) is 0 Å². The van der Waals surface area contributed by atoms with Crippen molar-refractivity contribution in [3.63, 3.8) is 0 Å². The molecule has 6 heteroatoms. The highest BCUT2D eigenvalue weighted by Crippen LogP contribution is 2.35. The van der Waals surface area contributed by atoms with Crippen LogP contribution in [0.4, 0.5) is 0 Å². The molecule has 1 aliphatic carbocycles. The van der Waals surface area contributed by atoms with Gasteiger partial charge < -0.3 is 19.8 Å². The third kappa shape index (κ3) is 38.7. The second-order valence-electron chi connectivity index (χ2n) is 21.5. The molecule has 1 N–H and O–H groups in total. The van der Waals surface area contributed by atoms with E-state index in [-0.39, 0.29) is 0 Å². The second-order valence-corrected chi connectivity index (χ2v) is 21.5. The van der Waals surface area contributed by atoms with E-state index in [1.165, 1.54) is 244 Å². The van der Waals surface area contributed by atoms with Gasteiger partial charge in [0.05, 0.1) is 0 Å². The molecule has 2 atom stereocenters. The van der Waals surface area contributed by atoms with Crippen LogP contribution in [0, 0.1) is 5.92 Å². The Morgan fingerprint density at radius 2 is 0.561 bits per heavy atom. The molecule has 1 rings (SSSR count). The zero-order valence-electron chi connectivity index (χ0n) is 45.5. The van der Waals surface area contributed by atoms with Crippen LogP contribution in [0.3, 0.4) is 0 Å². The minimum atomic E-state index is 0.327. The van der Waals surface area contributed by atoms with Gasteiger partial charge in [-0.3, -0.25) is 9.59 Å². The molecule has 1 aliphatic rings. The molecule has 0 aliphatic heterocycles. The Hall–Kier alpha value is -1.14. The van der Waals surface area contributed by atoms with Gasteiger partial charge in [0.1, 0.15) is 0 Å². The first kappa shape index (κ1) is 62.9. The molecular weight excluding hydrogens is 811 g/mol. The van der Waals surface area contributed by atoms with Crippen molar-refractivity contribution in [1.82, 2.24) is 14.7 Å². The molecule has 0 heterocycles. The molecule has 2 unspecified atom stereocenters. The van der Waals surface area contributed by atoms with Gasteiger partial charge in [0.2, 0.25) is 11.8 Å². The molecule has 0 spiro atoms. The number of carbonyl (C=O) groups is 2. The summed E-state index contributed by atoms with van der Waals surface area (Å²) in [5, 5.41) is 9.87. The summed E-state index contributed by atoms with van der Waals surface area (Å²) in [6.07, 6.45) is 56.6. The van der Waals surface area contributed by atoms with E-state index in [0.29, 0.717) is 30.4 Å². The molecule has 0 aromatic carbocycles. The van der Waals surface area contributed by atoms with Crippen LogP contribution in [0.5, 0.6) is 0 Å². The van der Waals surface area contributed by atoms with Gasteiger partial charge >= 0.3 is 0 Å². The standard InChI is InChI=1S/C60H119N3O3/c1-5-9-13-17-21-25-33-43-51-62(52-44-34-26-22-18-14-10-6-2)59(65)47-39-31-29-37-41-49-61(58-55-57(58)56-64)50-42-38-30-32-40-48-60(66)63(53-45-35-27-23-19-15-11-7-3)54-46-36-28-24-20-16-12-8-4/h57-58,64H,5-56H2,1-4H3. The number of aliphatic hydroxyl groups excluding tert-OH is 1. The van der Waals surface area contributed by atoms with Crippen LogP contribution >= 0.6 is 0 Å². The van der Waals surface area contributed by atoms with E-state index in [2.05, 4.69) is 42.4 Å². The van der Waals surface area contributed by atoms with E-state index in [1.54, 1.807) is 0 Å². The molecule has 1 saturated carbocycles. The minimum absolute atomic E-state index is 0.327. The first-order valence-corrected chi connectivity index (χ1v) is 30.4. The Kier molecular flexibility index (Phi) is 46.6. The molecule has 392 valence electrons. The van der Waals surface area contributed by atoms with Gasteiger partial charge in [-0.25, -0.2) is 0 Å². The van der Waals surface area contributed by atoms with Crippen LogP contribution in [0.1, 0.15) is 317 Å². The number of unbranched alkanes of at least 4 members (excludes halogenated alkanes) is 36. The van der Waals surface area contributed by atoms with E-state index in [9.17, 15) is 14.7 Å². The van der Waals surface area contributed by atoms with Crippen LogP contribution < -0.4 is 0 Å². The Bertz CT molecular complexity index is 913. The summed E-state index contributed by atoms with van der Waals surface area (Å²) in [6.45, 7) is 15.6. The average Bonchev–Trinajstić information content (AvgIpc) is 4.12. The van der Waals surface area contributed by atoms with Crippen LogP contribution in [-0.4, -0.2) is 83.5 Å². The number of hydrogen-bond donors (Lipinski definition) is 1. The lowest BCUT2D eigenvalue weighted by molar-refractivity contribution is -0.132. The number of amides is 2. The van der Waals surface area contributed by atoms with Gasteiger partial charge in [0.25, 0.3) is 0 Å². The van der Waals surface area contributed by atoms with E-state index in [1.807, 2.05) is 0 Å². The van der Waals surface area contributed by atoms with E-state index in [0.717, 1.165) is 84.2 Å². The normalized spacial score (nSPS) is 14.7. The molecule has 6 nitrogen and oxygen atoms in total. The Morgan fingerprint density at radius 3 is 0.803 bits per heavy atom. The van der Waals surface area contributed by atoms with Crippen molar-refractivity contribution < 1.29 is 14.7 Å². The SMILES string of the molecule is CCCCCCCCCCN(CCCCCCCCCC)C(=O)CCCCCCCN(CCCCCCCC(=O)N(CCCCCCCCCC)CCCCCCCCCC)C1CC1CO. The molecule has 0 aromatic rings. The average molecular weight is 931 g/mol. The fourth-order valence-electron chi connectivity index (χ4n) is 10.3. The molecule has 66 heavy (non-hydrogen) atoms. The maximum atomic E-state index is 13.4. The first-order valence-electron chi connectivity index (χ1n) is 30.4. The third-order valence-electron chi connectivity index (χ3n) is 15.1. The van der Waals surface area contributed by atoms with E-state index < -0.39 is 0 Å². The van der Waals surface area contributed by atoms with Crippen LogP contribution in [-0.2, 0) is 9.59 Å². The van der Waals surface area contributed by atoms with E-state index in [4.69, 9.17) is 0 Å². The summed E-state index contributed by atoms with van der Waals surface area (Å²) in [5.41, 5.74) is 0. The number of carbonyl (C=O) groups excluding carboxylic acids is 2. The first-order chi connectivity index (χ1) is 32.5. The van der Waals surface area contributed by atoms with Gasteiger partial charge in [-0.15, -0.1) is 0 Å². The van der Waals surface area contributed by atoms with Crippen molar-refractivity contribution in [3.8, 4) is 0 Å². The molecule has 0 bridgehead atoms. The Labute approximate surface area is 414 Å². The summed E-state index contributed by atoms with van der Waals surface area (Å²) in [7, 11) is 0. The number of aliphatic hydroxyl groups is 1. The van der Waals surface area contributed by atoms with Crippen molar-refractivity contribution in [2.45, 2.75) is 323 Å². The maximum Gasteiger partial charge on any atom is 0.222 e. The summed E-state index contributed by atoms with van der Waals surface area (Å²) >= 11 is 0. The van der Waals surface area contributed by atoms with Crippen molar-refractivity contribution in [2.75, 3.05) is 45.9 Å². The minimum Gasteiger partial charge on any atom is -0.396 e. The molecule has 1 fully saturated rings. The fraction of sp³-hybridized carbons (Fsp3) is 0.967. The van der Waals surface area contributed by atoms with Gasteiger partial charge in [0.15, 0.2) is 0 Å². The molecule has 2 amide bonds. The summed E-state index contributed by atoms with van der Waals surface area (Å²) in [6, 6.07) is 0.575. The fourth-order valence-corrected chi connectivity index (χ4v) is 10.3. The van der Waals surface area contributed by atoms with Crippen molar-refractivity contribution >= 4 is 11.8 Å². The lowest BCUT2D eigenvalue weighted by atomic mass is 10.1. The number of hydrogen-bond acceptors (Lipinski definition) is 4. The van der Waals surface area contributed by atoms with Gasteiger partial charge in [-0.05, 0) is 76.8 Å². The quantitative estimate of drug-likeness (QED) is 0.0617. The lowest BCUT2D eigenvalue weighted by Gasteiger charge is -2.23.